The van der Waals surface area contributed by atoms with Gasteiger partial charge in [0.05, 0.1) is 31.3 Å². The van der Waals surface area contributed by atoms with Crippen LogP contribution >= 0.6 is 11.3 Å². The third-order valence-electron chi connectivity index (χ3n) is 7.25. The predicted molar refractivity (Wildman–Crippen MR) is 132 cm³/mol. The van der Waals surface area contributed by atoms with E-state index in [0.29, 0.717) is 45.4 Å². The maximum absolute atomic E-state index is 13.6. The molecule has 1 aromatic heterocycles. The van der Waals surface area contributed by atoms with Crippen LogP contribution in [0.4, 0.5) is 14.6 Å². The molecule has 2 aromatic rings. The number of fused-ring (bicyclic) bond motifs is 3. The summed E-state index contributed by atoms with van der Waals surface area (Å²) in [5, 5.41) is 5.77. The number of benzene rings is 1. The van der Waals surface area contributed by atoms with Crippen LogP contribution in [0.25, 0.3) is 0 Å². The van der Waals surface area contributed by atoms with Gasteiger partial charge >= 0.3 is 12.1 Å². The molecule has 4 amide bonds. The van der Waals surface area contributed by atoms with Gasteiger partial charge in [0, 0.05) is 37.0 Å². The molecule has 1 aromatic carbocycles. The third-order valence-corrected chi connectivity index (χ3v) is 8.04. The second-order valence-electron chi connectivity index (χ2n) is 8.80. The van der Waals surface area contributed by atoms with Crippen molar-refractivity contribution in [1.82, 2.24) is 14.7 Å². The molecule has 0 unspecified atom stereocenters. The maximum atomic E-state index is 13.6. The summed E-state index contributed by atoms with van der Waals surface area (Å²) in [7, 11) is 3.30. The zero-order chi connectivity index (χ0) is 23.9. The number of hydrogen-bond acceptors (Lipinski definition) is 5. The van der Waals surface area contributed by atoms with Gasteiger partial charge < -0.3 is 19.3 Å². The molecule has 4 heterocycles. The Bertz CT molecular complexity index is 1120. The van der Waals surface area contributed by atoms with Gasteiger partial charge in [-0.3, -0.25) is 10.2 Å². The molecular weight excluding hydrogens is 452 g/mol. The van der Waals surface area contributed by atoms with E-state index in [1.54, 1.807) is 14.2 Å². The van der Waals surface area contributed by atoms with Crippen LogP contribution in [0.3, 0.4) is 0 Å². The number of nitrogens with zero attached hydrogens (tertiary/aromatic N) is 3. The summed E-state index contributed by atoms with van der Waals surface area (Å²) in [5.74, 6) is 1.50. The van der Waals surface area contributed by atoms with Crippen molar-refractivity contribution in [3.05, 3.63) is 52.5 Å². The first-order chi connectivity index (χ1) is 16.5. The Morgan fingerprint density at radius 3 is 2.65 bits per heavy atom. The number of methoxy groups -OCH3 is 2. The van der Waals surface area contributed by atoms with E-state index in [2.05, 4.69) is 11.4 Å². The predicted octanol–water partition coefficient (Wildman–Crippen LogP) is 4.53. The average molecular weight is 483 g/mol. The van der Waals surface area contributed by atoms with Crippen LogP contribution in [0, 0.1) is 0 Å². The van der Waals surface area contributed by atoms with Gasteiger partial charge in [-0.15, -0.1) is 11.3 Å². The van der Waals surface area contributed by atoms with Gasteiger partial charge in [0.1, 0.15) is 11.5 Å². The smallest absolute Gasteiger partial charge is 0.325 e. The van der Waals surface area contributed by atoms with Gasteiger partial charge in [0.2, 0.25) is 0 Å². The highest BCUT2D eigenvalue weighted by molar-refractivity contribution is 7.14. The van der Waals surface area contributed by atoms with Crippen LogP contribution in [0.2, 0.25) is 0 Å². The van der Waals surface area contributed by atoms with Crippen LogP contribution in [-0.2, 0) is 13.0 Å². The van der Waals surface area contributed by atoms with Crippen LogP contribution in [0.5, 0.6) is 11.5 Å². The molecule has 0 atom stereocenters. The van der Waals surface area contributed by atoms with Crippen LogP contribution < -0.4 is 14.8 Å². The van der Waals surface area contributed by atoms with E-state index >= 15 is 0 Å². The summed E-state index contributed by atoms with van der Waals surface area (Å²) in [4.78, 5) is 32.2. The first-order valence-electron chi connectivity index (χ1n) is 11.6. The number of carbonyl (C=O) groups excluding carboxylic acids is 2. The Kier molecular flexibility index (Phi) is 5.89. The molecule has 9 heteroatoms. The lowest BCUT2D eigenvalue weighted by Crippen LogP contribution is -2.55. The Hall–Kier alpha value is -3.20. The van der Waals surface area contributed by atoms with Crippen molar-refractivity contribution in [3.63, 3.8) is 0 Å². The summed E-state index contributed by atoms with van der Waals surface area (Å²) < 4.78 is 11.1. The average Bonchev–Trinajstić information content (AvgIpc) is 3.36. The summed E-state index contributed by atoms with van der Waals surface area (Å²) in [6.45, 7) is 4.33. The lowest BCUT2D eigenvalue weighted by molar-refractivity contribution is 0.106. The number of nitrogens with one attached hydrogen (secondary N) is 1. The number of hydrogen-bond donors (Lipinski definition) is 1. The highest BCUT2D eigenvalue weighted by atomic mass is 32.1. The topological polar surface area (TPSA) is 74.4 Å². The number of thiophene rings is 1. The number of amides is 4. The minimum absolute atomic E-state index is 0.0277. The number of rotatable bonds is 4. The van der Waals surface area contributed by atoms with Gasteiger partial charge in [-0.1, -0.05) is 6.08 Å². The van der Waals surface area contributed by atoms with Crippen molar-refractivity contribution >= 4 is 28.4 Å². The summed E-state index contributed by atoms with van der Waals surface area (Å²) >= 11 is 1.51. The fourth-order valence-corrected chi connectivity index (χ4v) is 6.18. The lowest BCUT2D eigenvalue weighted by atomic mass is 9.83. The van der Waals surface area contributed by atoms with Crippen molar-refractivity contribution in [2.24, 2.45) is 0 Å². The first kappa shape index (κ1) is 22.6. The Morgan fingerprint density at radius 2 is 2.00 bits per heavy atom. The Morgan fingerprint density at radius 1 is 1.21 bits per heavy atom. The van der Waals surface area contributed by atoms with Crippen molar-refractivity contribution in [3.8, 4) is 11.5 Å². The van der Waals surface area contributed by atoms with E-state index in [1.807, 2.05) is 51.3 Å². The second-order valence-corrected chi connectivity index (χ2v) is 9.75. The van der Waals surface area contributed by atoms with Crippen LogP contribution in [0.1, 0.15) is 30.9 Å². The zero-order valence-corrected chi connectivity index (χ0v) is 20.6. The quantitative estimate of drug-likeness (QED) is 0.695. The fourth-order valence-electron chi connectivity index (χ4n) is 5.57. The van der Waals surface area contributed by atoms with E-state index in [-0.39, 0.29) is 12.1 Å². The Labute approximate surface area is 203 Å². The number of likely N-dealkylation sites (tertiary alicyclic amines) is 1. The molecule has 0 bridgehead atoms. The normalized spacial score (nSPS) is 18.9. The van der Waals surface area contributed by atoms with E-state index in [9.17, 15) is 9.59 Å². The SMILES string of the molecule is CCN1C(=O)N2Cc3cc(OC)cc(OC)c3CC=C2C12CCN(C(=O)Nc1cccs1)CC2. The van der Waals surface area contributed by atoms with Crippen molar-refractivity contribution in [2.75, 3.05) is 39.2 Å². The van der Waals surface area contributed by atoms with Gasteiger partial charge in [0.25, 0.3) is 0 Å². The van der Waals surface area contributed by atoms with E-state index in [1.165, 1.54) is 11.3 Å². The van der Waals surface area contributed by atoms with Gasteiger partial charge in [-0.25, -0.2) is 9.59 Å². The lowest BCUT2D eigenvalue weighted by Gasteiger charge is -2.44. The second kappa shape index (κ2) is 8.87. The fraction of sp³-hybridized carbons (Fsp3) is 0.440. The summed E-state index contributed by atoms with van der Waals surface area (Å²) in [6.07, 6.45) is 4.30. The molecule has 3 aliphatic rings. The van der Waals surface area contributed by atoms with Gasteiger partial charge in [-0.2, -0.15) is 0 Å². The summed E-state index contributed by atoms with van der Waals surface area (Å²) in [6, 6.07) is 7.66. The molecule has 1 spiro atoms. The number of piperidine rings is 1. The van der Waals surface area contributed by atoms with Crippen LogP contribution in [0.15, 0.2) is 41.4 Å². The van der Waals surface area contributed by atoms with Crippen molar-refractivity contribution in [2.45, 2.75) is 38.3 Å². The zero-order valence-electron chi connectivity index (χ0n) is 19.8. The number of ether oxygens (including phenoxy) is 2. The molecule has 5 rings (SSSR count). The summed E-state index contributed by atoms with van der Waals surface area (Å²) in [5.41, 5.74) is 2.78. The van der Waals surface area contributed by atoms with Crippen molar-refractivity contribution in [1.29, 1.82) is 0 Å². The molecule has 2 saturated heterocycles. The number of urea groups is 2. The Balaban J connectivity index is 1.42. The minimum Gasteiger partial charge on any atom is -0.497 e. The van der Waals surface area contributed by atoms with E-state index in [4.69, 9.17) is 9.47 Å². The van der Waals surface area contributed by atoms with Gasteiger partial charge in [0.15, 0.2) is 0 Å². The van der Waals surface area contributed by atoms with Crippen LogP contribution in [-0.4, -0.2) is 66.2 Å². The standard InChI is InChI=1S/C25H30N4O4S/c1-4-29-24(31)28-16-17-14-18(32-2)15-20(33-3)19(17)7-8-21(28)25(29)9-11-27(12-10-25)23(30)26-22-6-5-13-34-22/h5-6,8,13-15H,4,7,9-12,16H2,1-3H3,(H,26,30). The number of anilines is 1. The number of allylic oxidation sites excluding steroid dienone is 1. The first-order valence-corrected chi connectivity index (χ1v) is 12.5. The molecule has 8 nitrogen and oxygen atoms in total. The molecule has 0 radical (unpaired) electrons. The molecule has 34 heavy (non-hydrogen) atoms. The maximum Gasteiger partial charge on any atom is 0.325 e. The molecule has 2 fully saturated rings. The molecule has 0 saturated carbocycles. The number of carbonyl (C=O) groups is 2. The molecule has 1 N–H and O–H groups in total. The largest absolute Gasteiger partial charge is 0.497 e. The van der Waals surface area contributed by atoms with Gasteiger partial charge in [-0.05, 0) is 55.3 Å². The highest BCUT2D eigenvalue weighted by Crippen LogP contribution is 2.46. The highest BCUT2D eigenvalue weighted by Gasteiger charge is 2.54. The molecular formula is C25H30N4O4S. The van der Waals surface area contributed by atoms with Crippen molar-refractivity contribution < 1.29 is 19.1 Å². The van der Waals surface area contributed by atoms with E-state index < -0.39 is 5.54 Å². The number of likely N-dealkylation sites (N-methyl/N-ethyl adjacent to an activating group) is 1. The molecule has 3 aliphatic heterocycles. The monoisotopic (exact) mass is 482 g/mol. The van der Waals surface area contributed by atoms with E-state index in [0.717, 1.165) is 33.3 Å². The minimum atomic E-state index is -0.398. The molecule has 0 aliphatic carbocycles. The molecule has 180 valence electrons. The third kappa shape index (κ3) is 3.58.